The lowest BCUT2D eigenvalue weighted by Gasteiger charge is -2.28. The molecule has 0 saturated heterocycles. The van der Waals surface area contributed by atoms with Crippen LogP contribution in [0.2, 0.25) is 0 Å². The minimum absolute atomic E-state index is 0.591. The van der Waals surface area contributed by atoms with E-state index in [4.69, 9.17) is 13.8 Å². The first-order valence-electron chi connectivity index (χ1n) is 17.1. The van der Waals surface area contributed by atoms with Gasteiger partial charge in [-0.25, -0.2) is 4.98 Å². The van der Waals surface area contributed by atoms with E-state index in [-0.39, 0.29) is 0 Å². The van der Waals surface area contributed by atoms with Gasteiger partial charge in [-0.3, -0.25) is 0 Å². The van der Waals surface area contributed by atoms with E-state index in [1.807, 2.05) is 48.5 Å². The van der Waals surface area contributed by atoms with Gasteiger partial charge in [0.15, 0.2) is 5.58 Å². The molecule has 0 spiro atoms. The lowest BCUT2D eigenvalue weighted by atomic mass is 9.98. The normalized spacial score (nSPS) is 11.5. The molecule has 2 aromatic heterocycles. The van der Waals surface area contributed by atoms with Crippen molar-refractivity contribution >= 4 is 60.9 Å². The molecule has 0 atom stereocenters. The number of hydrogen-bond acceptors (Lipinski definition) is 4. The Balaban J connectivity index is 1.18. The van der Waals surface area contributed by atoms with Crippen LogP contribution in [0, 0.1) is 0 Å². The van der Waals surface area contributed by atoms with E-state index >= 15 is 0 Å². The minimum Gasteiger partial charge on any atom is -0.456 e. The Morgan fingerprint density at radius 2 is 1.04 bits per heavy atom. The molecular weight excluding hydrogens is 625 g/mol. The van der Waals surface area contributed by atoms with Gasteiger partial charge in [0.2, 0.25) is 5.89 Å². The van der Waals surface area contributed by atoms with Gasteiger partial charge < -0.3 is 13.7 Å². The second kappa shape index (κ2) is 11.9. The van der Waals surface area contributed by atoms with Crippen molar-refractivity contribution in [1.29, 1.82) is 0 Å². The van der Waals surface area contributed by atoms with E-state index in [0.717, 1.165) is 66.8 Å². The van der Waals surface area contributed by atoms with Gasteiger partial charge in [-0.2, -0.15) is 0 Å². The van der Waals surface area contributed by atoms with Gasteiger partial charge in [0, 0.05) is 27.9 Å². The van der Waals surface area contributed by atoms with Crippen molar-refractivity contribution in [2.24, 2.45) is 0 Å². The Labute approximate surface area is 294 Å². The van der Waals surface area contributed by atoms with Crippen molar-refractivity contribution in [1.82, 2.24) is 4.98 Å². The number of nitrogens with zero attached hydrogens (tertiary/aromatic N) is 2. The molecule has 10 rings (SSSR count). The summed E-state index contributed by atoms with van der Waals surface area (Å²) in [5.41, 5.74) is 11.8. The van der Waals surface area contributed by atoms with Crippen molar-refractivity contribution in [3.05, 3.63) is 182 Å². The zero-order valence-corrected chi connectivity index (χ0v) is 27.5. The van der Waals surface area contributed by atoms with Crippen LogP contribution in [0.5, 0.6) is 0 Å². The molecule has 0 radical (unpaired) electrons. The largest absolute Gasteiger partial charge is 0.456 e. The molecule has 0 unspecified atom stereocenters. The van der Waals surface area contributed by atoms with E-state index < -0.39 is 0 Å². The molecule has 10 aromatic rings. The van der Waals surface area contributed by atoms with Crippen LogP contribution < -0.4 is 4.90 Å². The Kier molecular flexibility index (Phi) is 6.78. The van der Waals surface area contributed by atoms with Gasteiger partial charge in [-0.05, 0) is 94.2 Å². The molecule has 0 saturated carbocycles. The fourth-order valence-electron chi connectivity index (χ4n) is 7.22. The summed E-state index contributed by atoms with van der Waals surface area (Å²) >= 11 is 0. The third kappa shape index (κ3) is 5.04. The van der Waals surface area contributed by atoms with Gasteiger partial charge >= 0.3 is 0 Å². The highest BCUT2D eigenvalue weighted by molar-refractivity contribution is 6.17. The fraction of sp³-hybridized carbons (Fsp3) is 0. The van der Waals surface area contributed by atoms with Crippen molar-refractivity contribution in [2.75, 3.05) is 4.90 Å². The zero-order chi connectivity index (χ0) is 33.7. The topological polar surface area (TPSA) is 42.4 Å². The summed E-state index contributed by atoms with van der Waals surface area (Å²) in [6, 6.07) is 63.5. The third-order valence-corrected chi connectivity index (χ3v) is 9.69. The van der Waals surface area contributed by atoms with Gasteiger partial charge in [-0.15, -0.1) is 0 Å². The zero-order valence-electron chi connectivity index (χ0n) is 27.5. The monoisotopic (exact) mass is 654 g/mol. The van der Waals surface area contributed by atoms with Crippen LogP contribution in [-0.4, -0.2) is 4.98 Å². The number of furan rings is 1. The number of aromatic nitrogens is 1. The van der Waals surface area contributed by atoms with Crippen LogP contribution in [0.4, 0.5) is 17.1 Å². The molecule has 0 N–H and O–H groups in total. The molecule has 0 amide bonds. The van der Waals surface area contributed by atoms with Crippen LogP contribution in [0.15, 0.2) is 191 Å². The first-order valence-corrected chi connectivity index (χ1v) is 17.1. The first-order chi connectivity index (χ1) is 25.3. The van der Waals surface area contributed by atoms with Crippen LogP contribution >= 0.6 is 0 Å². The van der Waals surface area contributed by atoms with Gasteiger partial charge in [-0.1, -0.05) is 115 Å². The highest BCUT2D eigenvalue weighted by Crippen LogP contribution is 2.44. The van der Waals surface area contributed by atoms with Crippen molar-refractivity contribution in [3.8, 4) is 33.7 Å². The second-order valence-corrected chi connectivity index (χ2v) is 12.8. The van der Waals surface area contributed by atoms with Crippen molar-refractivity contribution in [3.63, 3.8) is 0 Å². The predicted octanol–water partition coefficient (Wildman–Crippen LogP) is 13.4. The molecule has 0 fully saturated rings. The number of benzene rings is 8. The Morgan fingerprint density at radius 1 is 0.412 bits per heavy atom. The molecule has 2 heterocycles. The van der Waals surface area contributed by atoms with Gasteiger partial charge in [0.1, 0.15) is 16.7 Å². The lowest BCUT2D eigenvalue weighted by molar-refractivity contribution is 0.619. The van der Waals surface area contributed by atoms with Crippen molar-refractivity contribution < 1.29 is 8.83 Å². The quantitative estimate of drug-likeness (QED) is 0.179. The summed E-state index contributed by atoms with van der Waals surface area (Å²) in [7, 11) is 0. The molecule has 0 aliphatic rings. The van der Waals surface area contributed by atoms with E-state index in [9.17, 15) is 0 Å². The van der Waals surface area contributed by atoms with Crippen LogP contribution in [0.25, 0.3) is 77.5 Å². The minimum atomic E-state index is 0.591. The number of rotatable bonds is 6. The first kappa shape index (κ1) is 29.0. The molecule has 4 nitrogen and oxygen atoms in total. The van der Waals surface area contributed by atoms with Crippen LogP contribution in [-0.2, 0) is 0 Å². The molecule has 51 heavy (non-hydrogen) atoms. The maximum absolute atomic E-state index is 6.42. The third-order valence-electron chi connectivity index (χ3n) is 9.69. The SMILES string of the molecule is c1ccc(-c2ccc(N(c3ccc4oc5ccc6oc(-c7ccccc7)nc6c5c4c3)c3ccccc3-c3ccc4ccccc4c3)cc2)cc1. The average Bonchev–Trinajstić information content (AvgIpc) is 3.81. The van der Waals surface area contributed by atoms with Crippen LogP contribution in [0.1, 0.15) is 0 Å². The summed E-state index contributed by atoms with van der Waals surface area (Å²) in [6.45, 7) is 0. The summed E-state index contributed by atoms with van der Waals surface area (Å²) in [5.74, 6) is 0.591. The Morgan fingerprint density at radius 3 is 1.86 bits per heavy atom. The van der Waals surface area contributed by atoms with Gasteiger partial charge in [0.25, 0.3) is 0 Å². The lowest BCUT2D eigenvalue weighted by Crippen LogP contribution is -2.11. The summed E-state index contributed by atoms with van der Waals surface area (Å²) in [4.78, 5) is 7.34. The van der Waals surface area contributed by atoms with E-state index in [2.05, 4.69) is 138 Å². The highest BCUT2D eigenvalue weighted by atomic mass is 16.4. The summed E-state index contributed by atoms with van der Waals surface area (Å²) in [5, 5.41) is 4.35. The number of anilines is 3. The van der Waals surface area contributed by atoms with Crippen molar-refractivity contribution in [2.45, 2.75) is 0 Å². The molecule has 4 heteroatoms. The van der Waals surface area contributed by atoms with E-state index in [1.165, 1.54) is 21.9 Å². The molecule has 0 aliphatic heterocycles. The maximum atomic E-state index is 6.42. The van der Waals surface area contributed by atoms with Crippen LogP contribution in [0.3, 0.4) is 0 Å². The summed E-state index contributed by atoms with van der Waals surface area (Å²) in [6.07, 6.45) is 0. The molecule has 240 valence electrons. The highest BCUT2D eigenvalue weighted by Gasteiger charge is 2.21. The molecule has 0 bridgehead atoms. The number of oxazole rings is 1. The average molecular weight is 655 g/mol. The molecular formula is C47H30N2O2. The molecule has 8 aromatic carbocycles. The number of para-hydroxylation sites is 1. The van der Waals surface area contributed by atoms with E-state index in [0.29, 0.717) is 5.89 Å². The summed E-state index contributed by atoms with van der Waals surface area (Å²) < 4.78 is 12.7. The van der Waals surface area contributed by atoms with E-state index in [1.54, 1.807) is 0 Å². The maximum Gasteiger partial charge on any atom is 0.227 e. The number of hydrogen-bond donors (Lipinski definition) is 0. The molecule has 0 aliphatic carbocycles. The second-order valence-electron chi connectivity index (χ2n) is 12.8. The fourth-order valence-corrected chi connectivity index (χ4v) is 7.22. The smallest absolute Gasteiger partial charge is 0.227 e. The number of fused-ring (bicyclic) bond motifs is 6. The Hall–Kier alpha value is -6.91. The standard InChI is InChI=1S/C47H30N2O2/c1-3-11-31(12-4-1)33-21-23-37(24-22-33)49(41-18-10-9-17-39(41)36-20-19-32-13-7-8-16-35(32)29-36)38-25-26-42-40(30-38)45-43(50-42)27-28-44-46(45)48-47(51-44)34-14-5-2-6-15-34/h1-30H. The van der Waals surface area contributed by atoms with Gasteiger partial charge in [0.05, 0.1) is 11.1 Å². The Bertz CT molecular complexity index is 2850. The predicted molar refractivity (Wildman–Crippen MR) is 210 cm³/mol.